The molecule has 1 amide bonds. The number of likely N-dealkylation sites (tertiary alicyclic amines) is 1. The average Bonchev–Trinajstić information content (AvgIpc) is 2.53. The van der Waals surface area contributed by atoms with E-state index in [-0.39, 0.29) is 24.6 Å². The highest BCUT2D eigenvalue weighted by molar-refractivity contribution is 5.70. The Morgan fingerprint density at radius 3 is 2.76 bits per heavy atom. The maximum Gasteiger partial charge on any atom is 0.410 e. The van der Waals surface area contributed by atoms with Gasteiger partial charge in [-0.1, -0.05) is 30.3 Å². The summed E-state index contributed by atoms with van der Waals surface area (Å²) in [7, 11) is 1.39. The van der Waals surface area contributed by atoms with E-state index in [4.69, 9.17) is 4.74 Å². The van der Waals surface area contributed by atoms with E-state index in [2.05, 4.69) is 4.74 Å². The first-order valence-corrected chi connectivity index (χ1v) is 7.21. The number of carbonyl (C=O) groups excluding carboxylic acids is 2. The number of benzene rings is 1. The van der Waals surface area contributed by atoms with Crippen LogP contribution in [0.15, 0.2) is 30.3 Å². The third kappa shape index (κ3) is 4.77. The van der Waals surface area contributed by atoms with Crippen molar-refractivity contribution >= 4 is 12.1 Å². The Morgan fingerprint density at radius 1 is 1.29 bits per heavy atom. The number of carbonyl (C=O) groups is 2. The van der Waals surface area contributed by atoms with Crippen molar-refractivity contribution in [3.8, 4) is 0 Å². The lowest BCUT2D eigenvalue weighted by Gasteiger charge is -2.31. The quantitative estimate of drug-likeness (QED) is 0.800. The van der Waals surface area contributed by atoms with Crippen LogP contribution >= 0.6 is 0 Å². The zero-order chi connectivity index (χ0) is 15.1. The van der Waals surface area contributed by atoms with E-state index in [0.29, 0.717) is 19.5 Å². The molecule has 1 saturated heterocycles. The maximum absolute atomic E-state index is 12.1. The predicted octanol–water partition coefficient (Wildman–Crippen LogP) is 2.60. The van der Waals surface area contributed by atoms with Crippen LogP contribution < -0.4 is 0 Å². The second kappa shape index (κ2) is 7.67. The Hall–Kier alpha value is -2.04. The topological polar surface area (TPSA) is 55.8 Å². The van der Waals surface area contributed by atoms with Crippen molar-refractivity contribution in [3.05, 3.63) is 35.9 Å². The normalized spacial score (nSPS) is 18.1. The molecule has 0 radical (unpaired) electrons. The molecule has 0 spiro atoms. The Bertz CT molecular complexity index is 474. The first-order chi connectivity index (χ1) is 10.2. The molecule has 1 atom stereocenters. The SMILES string of the molecule is COC(=O)C[C@@H]1CCCN(C(=O)OCc2ccccc2)C1. The van der Waals surface area contributed by atoms with Gasteiger partial charge in [0.2, 0.25) is 0 Å². The number of methoxy groups -OCH3 is 1. The van der Waals surface area contributed by atoms with E-state index in [1.54, 1.807) is 4.90 Å². The van der Waals surface area contributed by atoms with E-state index in [9.17, 15) is 9.59 Å². The molecule has 5 heteroatoms. The summed E-state index contributed by atoms with van der Waals surface area (Å²) in [5, 5.41) is 0. The lowest BCUT2D eigenvalue weighted by molar-refractivity contribution is -0.142. The molecule has 0 unspecified atom stereocenters. The van der Waals surface area contributed by atoms with Gasteiger partial charge >= 0.3 is 12.1 Å². The van der Waals surface area contributed by atoms with Crippen LogP contribution in [0.1, 0.15) is 24.8 Å². The molecule has 1 aromatic rings. The number of amides is 1. The molecule has 1 aliphatic heterocycles. The molecular weight excluding hydrogens is 270 g/mol. The monoisotopic (exact) mass is 291 g/mol. The minimum Gasteiger partial charge on any atom is -0.469 e. The standard InChI is InChI=1S/C16H21NO4/c1-20-15(18)10-14-8-5-9-17(11-14)16(19)21-12-13-6-3-2-4-7-13/h2-4,6-7,14H,5,8-12H2,1H3/t14-/m0/s1. The molecule has 0 bridgehead atoms. The van der Waals surface area contributed by atoms with Crippen molar-refractivity contribution in [2.75, 3.05) is 20.2 Å². The highest BCUT2D eigenvalue weighted by Gasteiger charge is 2.26. The fourth-order valence-electron chi connectivity index (χ4n) is 2.53. The first kappa shape index (κ1) is 15.4. The molecule has 1 aliphatic rings. The summed E-state index contributed by atoms with van der Waals surface area (Å²) < 4.78 is 10.00. The minimum atomic E-state index is -0.312. The molecule has 114 valence electrons. The van der Waals surface area contributed by atoms with Crippen LogP contribution in [0, 0.1) is 5.92 Å². The molecule has 0 saturated carbocycles. The van der Waals surface area contributed by atoms with Crippen molar-refractivity contribution < 1.29 is 19.1 Å². The summed E-state index contributed by atoms with van der Waals surface area (Å²) in [6, 6.07) is 9.59. The average molecular weight is 291 g/mol. The molecule has 0 aliphatic carbocycles. The number of piperidine rings is 1. The summed E-state index contributed by atoms with van der Waals surface area (Å²) in [4.78, 5) is 25.1. The van der Waals surface area contributed by atoms with Gasteiger partial charge in [0, 0.05) is 13.1 Å². The van der Waals surface area contributed by atoms with Crippen LogP contribution in [-0.2, 0) is 20.9 Å². The molecule has 2 rings (SSSR count). The fraction of sp³-hybridized carbons (Fsp3) is 0.500. The van der Waals surface area contributed by atoms with Crippen molar-refractivity contribution in [1.82, 2.24) is 4.90 Å². The van der Waals surface area contributed by atoms with E-state index in [1.807, 2.05) is 30.3 Å². The van der Waals surface area contributed by atoms with Gasteiger partial charge in [-0.15, -0.1) is 0 Å². The second-order valence-electron chi connectivity index (χ2n) is 5.27. The largest absolute Gasteiger partial charge is 0.469 e. The van der Waals surface area contributed by atoms with Gasteiger partial charge < -0.3 is 14.4 Å². The Morgan fingerprint density at radius 2 is 2.05 bits per heavy atom. The third-order valence-corrected chi connectivity index (χ3v) is 3.67. The second-order valence-corrected chi connectivity index (χ2v) is 5.27. The fourth-order valence-corrected chi connectivity index (χ4v) is 2.53. The molecule has 5 nitrogen and oxygen atoms in total. The van der Waals surface area contributed by atoms with Gasteiger partial charge in [0.1, 0.15) is 6.61 Å². The highest BCUT2D eigenvalue weighted by atomic mass is 16.6. The van der Waals surface area contributed by atoms with E-state index in [1.165, 1.54) is 7.11 Å². The van der Waals surface area contributed by atoms with Crippen LogP contribution in [0.2, 0.25) is 0 Å². The molecule has 1 heterocycles. The molecule has 1 aromatic carbocycles. The number of hydrogen-bond acceptors (Lipinski definition) is 4. The van der Waals surface area contributed by atoms with E-state index < -0.39 is 0 Å². The summed E-state index contributed by atoms with van der Waals surface area (Å²) in [6.45, 7) is 1.52. The Kier molecular flexibility index (Phi) is 5.60. The lowest BCUT2D eigenvalue weighted by atomic mass is 9.95. The van der Waals surface area contributed by atoms with Gasteiger partial charge in [-0.2, -0.15) is 0 Å². The van der Waals surface area contributed by atoms with Gasteiger partial charge in [-0.05, 0) is 24.3 Å². The number of hydrogen-bond donors (Lipinski definition) is 0. The van der Waals surface area contributed by atoms with E-state index in [0.717, 1.165) is 18.4 Å². The predicted molar refractivity (Wildman–Crippen MR) is 77.6 cm³/mol. The first-order valence-electron chi connectivity index (χ1n) is 7.21. The number of rotatable bonds is 4. The van der Waals surface area contributed by atoms with Crippen LogP contribution in [0.4, 0.5) is 4.79 Å². The molecule has 21 heavy (non-hydrogen) atoms. The van der Waals surface area contributed by atoms with Crippen molar-refractivity contribution in [3.63, 3.8) is 0 Å². The van der Waals surface area contributed by atoms with Gasteiger partial charge in [0.25, 0.3) is 0 Å². The summed E-state index contributed by atoms with van der Waals surface area (Å²) in [5.41, 5.74) is 0.967. The van der Waals surface area contributed by atoms with Gasteiger partial charge in [0.05, 0.1) is 13.5 Å². The number of ether oxygens (including phenoxy) is 2. The molecule has 0 aromatic heterocycles. The zero-order valence-corrected chi connectivity index (χ0v) is 12.3. The van der Waals surface area contributed by atoms with Gasteiger partial charge in [0.15, 0.2) is 0 Å². The van der Waals surface area contributed by atoms with Gasteiger partial charge in [-0.25, -0.2) is 4.79 Å². The van der Waals surface area contributed by atoms with Crippen molar-refractivity contribution in [2.24, 2.45) is 5.92 Å². The number of esters is 1. The molecular formula is C16H21NO4. The summed E-state index contributed by atoms with van der Waals surface area (Å²) >= 11 is 0. The zero-order valence-electron chi connectivity index (χ0n) is 12.3. The van der Waals surface area contributed by atoms with Crippen LogP contribution in [-0.4, -0.2) is 37.2 Å². The number of nitrogens with zero attached hydrogens (tertiary/aromatic N) is 1. The lowest BCUT2D eigenvalue weighted by Crippen LogP contribution is -2.40. The summed E-state index contributed by atoms with van der Waals surface area (Å²) in [6.07, 6.45) is 1.88. The van der Waals surface area contributed by atoms with Crippen molar-refractivity contribution in [2.45, 2.75) is 25.9 Å². The van der Waals surface area contributed by atoms with Gasteiger partial charge in [-0.3, -0.25) is 4.79 Å². The third-order valence-electron chi connectivity index (χ3n) is 3.67. The molecule has 0 N–H and O–H groups in total. The van der Waals surface area contributed by atoms with E-state index >= 15 is 0 Å². The minimum absolute atomic E-state index is 0.162. The highest BCUT2D eigenvalue weighted by Crippen LogP contribution is 2.20. The van der Waals surface area contributed by atoms with Crippen molar-refractivity contribution in [1.29, 1.82) is 0 Å². The Labute approximate surface area is 124 Å². The maximum atomic E-state index is 12.1. The smallest absolute Gasteiger partial charge is 0.410 e. The summed E-state index contributed by atoms with van der Waals surface area (Å²) in [5.74, 6) is -0.0602. The molecule has 1 fully saturated rings. The van der Waals surface area contributed by atoms with Crippen LogP contribution in [0.25, 0.3) is 0 Å². The Balaban J connectivity index is 1.80. The van der Waals surface area contributed by atoms with Crippen LogP contribution in [0.3, 0.4) is 0 Å². The van der Waals surface area contributed by atoms with Crippen LogP contribution in [0.5, 0.6) is 0 Å².